The summed E-state index contributed by atoms with van der Waals surface area (Å²) in [5.74, 6) is 0.00716. The van der Waals surface area contributed by atoms with Crippen molar-refractivity contribution >= 4 is 17.3 Å². The maximum atomic E-state index is 13.4. The maximum Gasteiger partial charge on any atom is 0.236 e. The number of amides is 1. The SMILES string of the molecule is CC(C)(C)C(=O)N(c1cccc(-n2cccn2)c1)c1cccc(-n2cccn2)c1. The maximum absolute atomic E-state index is 13.4. The molecule has 0 aliphatic heterocycles. The molecule has 1 amide bonds. The van der Waals surface area contributed by atoms with Crippen LogP contribution in [0.4, 0.5) is 11.4 Å². The number of nitrogens with zero attached hydrogens (tertiary/aromatic N) is 5. The second-order valence-electron chi connectivity index (χ2n) is 7.83. The molecular formula is C23H23N5O. The highest BCUT2D eigenvalue weighted by Gasteiger charge is 2.30. The molecule has 29 heavy (non-hydrogen) atoms. The van der Waals surface area contributed by atoms with Crippen molar-refractivity contribution in [3.05, 3.63) is 85.5 Å². The van der Waals surface area contributed by atoms with Gasteiger partial charge in [-0.3, -0.25) is 9.69 Å². The summed E-state index contributed by atoms with van der Waals surface area (Å²) in [6.45, 7) is 5.78. The van der Waals surface area contributed by atoms with Crippen molar-refractivity contribution < 1.29 is 4.79 Å². The summed E-state index contributed by atoms with van der Waals surface area (Å²) >= 11 is 0. The van der Waals surface area contributed by atoms with Gasteiger partial charge in [0.1, 0.15) is 0 Å². The molecule has 0 unspecified atom stereocenters. The van der Waals surface area contributed by atoms with Gasteiger partial charge >= 0.3 is 0 Å². The van der Waals surface area contributed by atoms with E-state index in [0.717, 1.165) is 22.7 Å². The van der Waals surface area contributed by atoms with Gasteiger partial charge in [-0.1, -0.05) is 32.9 Å². The van der Waals surface area contributed by atoms with Gasteiger partial charge in [0.05, 0.1) is 22.7 Å². The molecule has 0 radical (unpaired) electrons. The number of aromatic nitrogens is 4. The summed E-state index contributed by atoms with van der Waals surface area (Å²) in [5.41, 5.74) is 2.81. The molecule has 0 N–H and O–H groups in total. The fraction of sp³-hybridized carbons (Fsp3) is 0.174. The number of benzene rings is 2. The van der Waals surface area contributed by atoms with Crippen LogP contribution < -0.4 is 4.90 Å². The van der Waals surface area contributed by atoms with Gasteiger partial charge in [0.15, 0.2) is 0 Å². The molecule has 0 bridgehead atoms. The Morgan fingerprint density at radius 1 is 0.793 bits per heavy atom. The van der Waals surface area contributed by atoms with E-state index < -0.39 is 5.41 Å². The molecule has 0 saturated heterocycles. The minimum atomic E-state index is -0.552. The molecule has 4 aromatic rings. The molecule has 0 aliphatic carbocycles. The molecule has 0 aliphatic rings. The quantitative estimate of drug-likeness (QED) is 0.508. The third kappa shape index (κ3) is 3.82. The number of carbonyl (C=O) groups excluding carboxylic acids is 1. The number of hydrogen-bond donors (Lipinski definition) is 0. The van der Waals surface area contributed by atoms with E-state index in [2.05, 4.69) is 10.2 Å². The van der Waals surface area contributed by atoms with Crippen LogP contribution in [0.5, 0.6) is 0 Å². The van der Waals surface area contributed by atoms with Crippen LogP contribution in [-0.2, 0) is 4.79 Å². The first-order valence-corrected chi connectivity index (χ1v) is 9.48. The van der Waals surface area contributed by atoms with Gasteiger partial charge in [-0.05, 0) is 48.5 Å². The average Bonchev–Trinajstić information content (AvgIpc) is 3.42. The molecule has 0 fully saturated rings. The molecule has 4 rings (SSSR count). The fourth-order valence-corrected chi connectivity index (χ4v) is 3.11. The van der Waals surface area contributed by atoms with Crippen molar-refractivity contribution in [2.75, 3.05) is 4.90 Å². The smallest absolute Gasteiger partial charge is 0.236 e. The van der Waals surface area contributed by atoms with E-state index in [1.54, 1.807) is 26.7 Å². The van der Waals surface area contributed by atoms with Gasteiger partial charge in [0.2, 0.25) is 5.91 Å². The standard InChI is InChI=1S/C23H23N5O/c1-23(2,3)22(29)28(20-10-4-8-18(16-20)26-14-6-12-24-26)21-11-5-9-19(17-21)27-15-7-13-25-27/h4-17H,1-3H3. The van der Waals surface area contributed by atoms with Crippen LogP contribution >= 0.6 is 0 Å². The van der Waals surface area contributed by atoms with E-state index in [1.165, 1.54) is 0 Å². The number of carbonyl (C=O) groups is 1. The van der Waals surface area contributed by atoms with Crippen molar-refractivity contribution in [1.82, 2.24) is 19.6 Å². The largest absolute Gasteiger partial charge is 0.280 e. The van der Waals surface area contributed by atoms with E-state index >= 15 is 0 Å². The zero-order valence-corrected chi connectivity index (χ0v) is 16.7. The topological polar surface area (TPSA) is 56.0 Å². The van der Waals surface area contributed by atoms with Crippen molar-refractivity contribution in [2.45, 2.75) is 20.8 Å². The Morgan fingerprint density at radius 3 is 1.66 bits per heavy atom. The molecule has 2 aromatic heterocycles. The summed E-state index contributed by atoms with van der Waals surface area (Å²) in [4.78, 5) is 15.2. The summed E-state index contributed by atoms with van der Waals surface area (Å²) in [7, 11) is 0. The van der Waals surface area contributed by atoms with Crippen LogP contribution in [0.3, 0.4) is 0 Å². The Labute approximate surface area is 170 Å². The third-order valence-electron chi connectivity index (χ3n) is 4.56. The molecule has 6 heteroatoms. The summed E-state index contributed by atoms with van der Waals surface area (Å²) in [6, 6.07) is 19.4. The van der Waals surface area contributed by atoms with Crippen LogP contribution in [0.15, 0.2) is 85.5 Å². The Morgan fingerprint density at radius 2 is 1.28 bits per heavy atom. The Bertz CT molecular complexity index is 1030. The first-order chi connectivity index (χ1) is 13.9. The highest BCUT2D eigenvalue weighted by atomic mass is 16.2. The zero-order chi connectivity index (χ0) is 20.4. The van der Waals surface area contributed by atoms with Crippen LogP contribution in [0, 0.1) is 5.41 Å². The molecule has 2 heterocycles. The van der Waals surface area contributed by atoms with Crippen LogP contribution in [0.2, 0.25) is 0 Å². The lowest BCUT2D eigenvalue weighted by Gasteiger charge is -2.30. The van der Waals surface area contributed by atoms with E-state index in [4.69, 9.17) is 0 Å². The minimum absolute atomic E-state index is 0.00716. The second kappa shape index (κ2) is 7.39. The Hall–Kier alpha value is -3.67. The lowest BCUT2D eigenvalue weighted by Crippen LogP contribution is -2.36. The monoisotopic (exact) mass is 385 g/mol. The molecule has 0 atom stereocenters. The van der Waals surface area contributed by atoms with Gasteiger partial charge in [-0.25, -0.2) is 9.36 Å². The number of anilines is 2. The molecule has 6 nitrogen and oxygen atoms in total. The molecular weight excluding hydrogens is 362 g/mol. The van der Waals surface area contributed by atoms with Crippen molar-refractivity contribution in [3.63, 3.8) is 0 Å². The lowest BCUT2D eigenvalue weighted by molar-refractivity contribution is -0.125. The second-order valence-corrected chi connectivity index (χ2v) is 7.83. The van der Waals surface area contributed by atoms with Crippen LogP contribution in [-0.4, -0.2) is 25.5 Å². The van der Waals surface area contributed by atoms with Gasteiger partial charge in [-0.15, -0.1) is 0 Å². The number of rotatable bonds is 4. The third-order valence-corrected chi connectivity index (χ3v) is 4.56. The number of hydrogen-bond acceptors (Lipinski definition) is 3. The van der Waals surface area contributed by atoms with E-state index in [0.29, 0.717) is 0 Å². The first kappa shape index (κ1) is 18.7. The summed E-state index contributed by atoms with van der Waals surface area (Å²) in [6.07, 6.45) is 7.23. The predicted molar refractivity (Wildman–Crippen MR) is 114 cm³/mol. The van der Waals surface area contributed by atoms with Crippen molar-refractivity contribution in [1.29, 1.82) is 0 Å². The molecule has 0 spiro atoms. The Kier molecular flexibility index (Phi) is 4.76. The van der Waals surface area contributed by atoms with E-state index in [1.807, 2.05) is 93.8 Å². The molecule has 146 valence electrons. The normalized spacial score (nSPS) is 11.4. The average molecular weight is 385 g/mol. The van der Waals surface area contributed by atoms with Gasteiger partial charge in [0, 0.05) is 30.2 Å². The van der Waals surface area contributed by atoms with Crippen LogP contribution in [0.25, 0.3) is 11.4 Å². The van der Waals surface area contributed by atoms with Gasteiger partial charge < -0.3 is 0 Å². The minimum Gasteiger partial charge on any atom is -0.280 e. The highest BCUT2D eigenvalue weighted by Crippen LogP contribution is 2.33. The Balaban J connectivity index is 1.83. The predicted octanol–water partition coefficient (Wildman–Crippen LogP) is 4.77. The molecule has 2 aromatic carbocycles. The summed E-state index contributed by atoms with van der Waals surface area (Å²) < 4.78 is 3.56. The molecule has 0 saturated carbocycles. The van der Waals surface area contributed by atoms with Crippen LogP contribution in [0.1, 0.15) is 20.8 Å². The van der Waals surface area contributed by atoms with Crippen molar-refractivity contribution in [3.8, 4) is 11.4 Å². The van der Waals surface area contributed by atoms with E-state index in [9.17, 15) is 4.79 Å². The summed E-state index contributed by atoms with van der Waals surface area (Å²) in [5, 5.41) is 8.61. The lowest BCUT2D eigenvalue weighted by atomic mass is 9.94. The van der Waals surface area contributed by atoms with Gasteiger partial charge in [0.25, 0.3) is 0 Å². The van der Waals surface area contributed by atoms with E-state index in [-0.39, 0.29) is 5.91 Å². The fourth-order valence-electron chi connectivity index (χ4n) is 3.11. The highest BCUT2D eigenvalue weighted by molar-refractivity contribution is 6.03. The van der Waals surface area contributed by atoms with Crippen molar-refractivity contribution in [2.24, 2.45) is 5.41 Å². The first-order valence-electron chi connectivity index (χ1n) is 9.48. The zero-order valence-electron chi connectivity index (χ0n) is 16.7. The van der Waals surface area contributed by atoms with Gasteiger partial charge in [-0.2, -0.15) is 10.2 Å².